The normalized spacial score (nSPS) is 11.2. The molecule has 0 unspecified atom stereocenters. The van der Waals surface area contributed by atoms with E-state index in [1.165, 1.54) is 27.4 Å². The smallest absolute Gasteiger partial charge is 0.339 e. The third kappa shape index (κ3) is 3.40. The minimum absolute atomic E-state index is 0.0130. The number of hydrogen-bond acceptors (Lipinski definition) is 6. The van der Waals surface area contributed by atoms with Crippen LogP contribution in [0.3, 0.4) is 0 Å². The molecule has 0 aliphatic rings. The summed E-state index contributed by atoms with van der Waals surface area (Å²) in [6.07, 6.45) is 0. The first-order valence-electron chi connectivity index (χ1n) is 5.58. The van der Waals surface area contributed by atoms with Crippen molar-refractivity contribution in [1.82, 2.24) is 0 Å². The summed E-state index contributed by atoms with van der Waals surface area (Å²) in [5.74, 6) is -1.53. The Morgan fingerprint density at radius 3 is 2.30 bits per heavy atom. The Morgan fingerprint density at radius 2 is 1.85 bits per heavy atom. The van der Waals surface area contributed by atoms with Gasteiger partial charge >= 0.3 is 5.97 Å². The molecule has 20 heavy (non-hydrogen) atoms. The van der Waals surface area contributed by atoms with Crippen molar-refractivity contribution in [1.29, 1.82) is 0 Å². The highest BCUT2D eigenvalue weighted by atomic mass is 32.2. The van der Waals surface area contributed by atoms with E-state index < -0.39 is 15.8 Å². The first-order valence-corrected chi connectivity index (χ1v) is 7.23. The molecular weight excluding hydrogens is 288 g/mol. The topological polar surface area (TPSA) is 99.1 Å². The first-order chi connectivity index (χ1) is 9.37. The lowest BCUT2D eigenvalue weighted by Gasteiger charge is -2.13. The Balaban J connectivity index is 3.43. The lowest BCUT2D eigenvalue weighted by atomic mass is 10.2. The van der Waals surface area contributed by atoms with E-state index in [2.05, 4.69) is 0 Å². The van der Waals surface area contributed by atoms with Gasteiger partial charge in [0.2, 0.25) is 0 Å². The molecule has 0 saturated heterocycles. The van der Waals surface area contributed by atoms with Crippen LogP contribution in [0.4, 0.5) is 0 Å². The minimum atomic E-state index is -3.66. The second-order valence-corrected chi connectivity index (χ2v) is 5.93. The molecule has 0 heterocycles. The van der Waals surface area contributed by atoms with Crippen molar-refractivity contribution in [3.05, 3.63) is 17.7 Å². The number of carboxylic acids is 1. The molecule has 112 valence electrons. The molecule has 0 bridgehead atoms. The Hall–Kier alpha value is -1.80. The summed E-state index contributed by atoms with van der Waals surface area (Å²) in [6, 6.07) is 2.28. The van der Waals surface area contributed by atoms with Gasteiger partial charge in [-0.3, -0.25) is 0 Å². The quantitative estimate of drug-likeness (QED) is 0.796. The zero-order valence-electron chi connectivity index (χ0n) is 11.4. The van der Waals surface area contributed by atoms with Crippen molar-refractivity contribution in [2.75, 3.05) is 33.7 Å². The van der Waals surface area contributed by atoms with Crippen LogP contribution < -0.4 is 9.47 Å². The van der Waals surface area contributed by atoms with Crippen molar-refractivity contribution in [3.63, 3.8) is 0 Å². The molecule has 7 nitrogen and oxygen atoms in total. The van der Waals surface area contributed by atoms with E-state index in [4.69, 9.17) is 19.3 Å². The molecule has 0 fully saturated rings. The number of aromatic carboxylic acids is 1. The number of methoxy groups -OCH3 is 3. The van der Waals surface area contributed by atoms with Gasteiger partial charge in [0.1, 0.15) is 5.56 Å². The van der Waals surface area contributed by atoms with Crippen LogP contribution in [0.1, 0.15) is 10.4 Å². The van der Waals surface area contributed by atoms with Gasteiger partial charge in [0.05, 0.1) is 31.5 Å². The third-order valence-corrected chi connectivity index (χ3v) is 4.26. The molecular formula is C12H16O7S. The molecule has 0 aliphatic heterocycles. The average Bonchev–Trinajstić information content (AvgIpc) is 2.43. The number of sulfone groups is 1. The average molecular weight is 304 g/mol. The van der Waals surface area contributed by atoms with Crippen LogP contribution in [0.2, 0.25) is 0 Å². The summed E-state index contributed by atoms with van der Waals surface area (Å²) in [7, 11) is 0.304. The number of carboxylic acid groups (broad SMARTS) is 1. The van der Waals surface area contributed by atoms with E-state index >= 15 is 0 Å². The van der Waals surface area contributed by atoms with E-state index in [1.807, 2.05) is 0 Å². The molecule has 1 rings (SSSR count). The van der Waals surface area contributed by atoms with Crippen LogP contribution in [0, 0.1) is 0 Å². The Labute approximate surface area is 117 Å². The van der Waals surface area contributed by atoms with Crippen LogP contribution in [0.25, 0.3) is 0 Å². The second kappa shape index (κ2) is 6.58. The summed E-state index contributed by atoms with van der Waals surface area (Å²) in [4.78, 5) is 11.0. The van der Waals surface area contributed by atoms with Gasteiger partial charge in [-0.2, -0.15) is 0 Å². The SMILES string of the molecule is COCCS(=O)(=O)c1cc(OC)c(OC)c(C(=O)O)c1. The van der Waals surface area contributed by atoms with Crippen LogP contribution in [0.5, 0.6) is 11.5 Å². The summed E-state index contributed by atoms with van der Waals surface area (Å²) in [5.41, 5.74) is -0.275. The number of benzene rings is 1. The Kier molecular flexibility index (Phi) is 5.34. The fourth-order valence-electron chi connectivity index (χ4n) is 1.59. The molecule has 0 saturated carbocycles. The van der Waals surface area contributed by atoms with Crippen molar-refractivity contribution >= 4 is 15.8 Å². The Morgan fingerprint density at radius 1 is 1.20 bits per heavy atom. The molecule has 1 aromatic carbocycles. The van der Waals surface area contributed by atoms with Crippen LogP contribution in [-0.4, -0.2) is 53.2 Å². The van der Waals surface area contributed by atoms with Crippen molar-refractivity contribution < 1.29 is 32.5 Å². The predicted molar refractivity (Wildman–Crippen MR) is 70.4 cm³/mol. The van der Waals surface area contributed by atoms with Gasteiger partial charge in [-0.25, -0.2) is 13.2 Å². The summed E-state index contributed by atoms with van der Waals surface area (Å²) in [6.45, 7) is 0.0130. The zero-order valence-corrected chi connectivity index (χ0v) is 12.2. The first kappa shape index (κ1) is 16.3. The zero-order chi connectivity index (χ0) is 15.3. The van der Waals surface area contributed by atoms with Gasteiger partial charge in [0.15, 0.2) is 21.3 Å². The monoisotopic (exact) mass is 304 g/mol. The van der Waals surface area contributed by atoms with Crippen LogP contribution in [0.15, 0.2) is 17.0 Å². The number of carbonyl (C=O) groups is 1. The molecule has 1 N–H and O–H groups in total. The predicted octanol–water partition coefficient (Wildman–Crippen LogP) is 0.822. The maximum absolute atomic E-state index is 12.1. The molecule has 0 aliphatic carbocycles. The van der Waals surface area contributed by atoms with E-state index in [-0.39, 0.29) is 34.3 Å². The lowest BCUT2D eigenvalue weighted by Crippen LogP contribution is -2.13. The Bertz CT molecular complexity index is 592. The van der Waals surface area contributed by atoms with E-state index in [9.17, 15) is 13.2 Å². The third-order valence-electron chi connectivity index (χ3n) is 2.60. The van der Waals surface area contributed by atoms with Gasteiger partial charge in [0.25, 0.3) is 0 Å². The second-order valence-electron chi connectivity index (χ2n) is 3.82. The maximum Gasteiger partial charge on any atom is 0.339 e. The van der Waals surface area contributed by atoms with Crippen molar-refractivity contribution in [2.24, 2.45) is 0 Å². The summed E-state index contributed by atoms with van der Waals surface area (Å²) >= 11 is 0. The fraction of sp³-hybridized carbons (Fsp3) is 0.417. The highest BCUT2D eigenvalue weighted by Crippen LogP contribution is 2.34. The molecule has 0 aromatic heterocycles. The highest BCUT2D eigenvalue weighted by molar-refractivity contribution is 7.91. The molecule has 8 heteroatoms. The molecule has 1 aromatic rings. The van der Waals surface area contributed by atoms with Gasteiger partial charge < -0.3 is 19.3 Å². The van der Waals surface area contributed by atoms with E-state index in [0.717, 1.165) is 6.07 Å². The largest absolute Gasteiger partial charge is 0.493 e. The van der Waals surface area contributed by atoms with Gasteiger partial charge in [-0.15, -0.1) is 0 Å². The standard InChI is InChI=1S/C12H16O7S/c1-17-4-5-20(15,16)8-6-9(12(13)14)11(19-3)10(7-8)18-2/h6-7H,4-5H2,1-3H3,(H,13,14). The summed E-state index contributed by atoms with van der Waals surface area (Å²) < 4.78 is 38.8. The van der Waals surface area contributed by atoms with E-state index in [0.29, 0.717) is 0 Å². The molecule has 0 spiro atoms. The molecule has 0 amide bonds. The minimum Gasteiger partial charge on any atom is -0.493 e. The fourth-order valence-corrected chi connectivity index (χ4v) is 2.79. The van der Waals surface area contributed by atoms with Crippen molar-refractivity contribution in [3.8, 4) is 11.5 Å². The number of ether oxygens (including phenoxy) is 3. The van der Waals surface area contributed by atoms with Gasteiger partial charge in [-0.1, -0.05) is 0 Å². The molecule has 0 radical (unpaired) electrons. The number of rotatable bonds is 7. The summed E-state index contributed by atoms with van der Waals surface area (Å²) in [5, 5.41) is 9.13. The van der Waals surface area contributed by atoms with Crippen molar-refractivity contribution in [2.45, 2.75) is 4.90 Å². The maximum atomic E-state index is 12.1. The van der Waals surface area contributed by atoms with Gasteiger partial charge in [0, 0.05) is 13.2 Å². The van der Waals surface area contributed by atoms with E-state index in [1.54, 1.807) is 0 Å². The highest BCUT2D eigenvalue weighted by Gasteiger charge is 2.23. The van der Waals surface area contributed by atoms with Gasteiger partial charge in [-0.05, 0) is 6.07 Å². The number of hydrogen-bond donors (Lipinski definition) is 1. The molecule has 0 atom stereocenters. The van der Waals surface area contributed by atoms with Crippen LogP contribution in [-0.2, 0) is 14.6 Å². The van der Waals surface area contributed by atoms with Crippen LogP contribution >= 0.6 is 0 Å². The lowest BCUT2D eigenvalue weighted by molar-refractivity contribution is 0.0692.